The molecule has 2 aromatic carbocycles. The van der Waals surface area contributed by atoms with Crippen LogP contribution in [0.2, 0.25) is 0 Å². The molecule has 6 heteroatoms. The van der Waals surface area contributed by atoms with Crippen molar-refractivity contribution < 1.29 is 14.3 Å². The highest BCUT2D eigenvalue weighted by atomic mass is 16.5. The molecule has 1 aliphatic rings. The summed E-state index contributed by atoms with van der Waals surface area (Å²) in [7, 11) is 1.67. The summed E-state index contributed by atoms with van der Waals surface area (Å²) < 4.78 is 5.44. The second-order valence-corrected chi connectivity index (χ2v) is 9.39. The SMILES string of the molecule is CCCCCC(=O)N(C/C=C/c1ccccc1OC)CCN1CCN(C(=O)c2ccccc2C)CC1. The van der Waals surface area contributed by atoms with Crippen molar-refractivity contribution in [2.24, 2.45) is 0 Å². The first-order valence-electron chi connectivity index (χ1n) is 13.2. The Balaban J connectivity index is 1.54. The number of carbonyl (C=O) groups excluding carboxylic acids is 2. The summed E-state index contributed by atoms with van der Waals surface area (Å²) in [6.07, 6.45) is 7.78. The Morgan fingerprint density at radius 1 is 1.00 bits per heavy atom. The minimum absolute atomic E-state index is 0.113. The van der Waals surface area contributed by atoms with Crippen molar-refractivity contribution in [1.82, 2.24) is 14.7 Å². The number of nitrogens with zero attached hydrogens (tertiary/aromatic N) is 3. The quantitative estimate of drug-likeness (QED) is 0.397. The van der Waals surface area contributed by atoms with E-state index < -0.39 is 0 Å². The summed E-state index contributed by atoms with van der Waals surface area (Å²) in [5.41, 5.74) is 2.81. The van der Waals surface area contributed by atoms with Gasteiger partial charge in [0, 0.05) is 63.4 Å². The third-order valence-corrected chi connectivity index (χ3v) is 6.83. The van der Waals surface area contributed by atoms with Crippen molar-refractivity contribution in [3.8, 4) is 5.75 Å². The number of hydrogen-bond acceptors (Lipinski definition) is 4. The van der Waals surface area contributed by atoms with Crippen LogP contribution in [0.15, 0.2) is 54.6 Å². The zero-order valence-corrected chi connectivity index (χ0v) is 22.1. The molecular weight excluding hydrogens is 450 g/mol. The van der Waals surface area contributed by atoms with E-state index in [2.05, 4.69) is 11.8 Å². The van der Waals surface area contributed by atoms with Gasteiger partial charge in [0.05, 0.1) is 7.11 Å². The molecule has 0 saturated carbocycles. The van der Waals surface area contributed by atoms with Gasteiger partial charge in [-0.3, -0.25) is 14.5 Å². The summed E-state index contributed by atoms with van der Waals surface area (Å²) in [6.45, 7) is 9.30. The maximum absolute atomic E-state index is 13.0. The van der Waals surface area contributed by atoms with Gasteiger partial charge >= 0.3 is 0 Å². The van der Waals surface area contributed by atoms with E-state index in [1.807, 2.05) is 77.4 Å². The molecule has 0 spiro atoms. The number of aryl methyl sites for hydroxylation is 1. The molecule has 2 aromatic rings. The monoisotopic (exact) mass is 491 g/mol. The van der Waals surface area contributed by atoms with Gasteiger partial charge in [0.15, 0.2) is 0 Å². The third-order valence-electron chi connectivity index (χ3n) is 6.83. The van der Waals surface area contributed by atoms with E-state index in [-0.39, 0.29) is 11.8 Å². The molecule has 0 radical (unpaired) electrons. The number of amides is 2. The standard InChI is InChI=1S/C30H41N3O3/c1-4-5-6-17-29(34)32(18-11-14-26-13-8-10-16-28(26)36-3)22-19-31-20-23-33(24-21-31)30(35)27-15-9-7-12-25(27)2/h7-16H,4-6,17-24H2,1-3H3/b14-11+. The topological polar surface area (TPSA) is 53.1 Å². The summed E-state index contributed by atoms with van der Waals surface area (Å²) in [5.74, 6) is 1.15. The molecule has 0 bridgehead atoms. The lowest BCUT2D eigenvalue weighted by atomic mass is 10.1. The van der Waals surface area contributed by atoms with Crippen LogP contribution >= 0.6 is 0 Å². The van der Waals surface area contributed by atoms with Gasteiger partial charge in [0.2, 0.25) is 5.91 Å². The Bertz CT molecular complexity index is 1010. The smallest absolute Gasteiger partial charge is 0.254 e. The number of piperazine rings is 1. The van der Waals surface area contributed by atoms with Gasteiger partial charge in [0.25, 0.3) is 5.91 Å². The van der Waals surface area contributed by atoms with E-state index in [0.29, 0.717) is 32.6 Å². The second-order valence-electron chi connectivity index (χ2n) is 9.39. The number of para-hydroxylation sites is 1. The lowest BCUT2D eigenvalue weighted by molar-refractivity contribution is -0.131. The molecule has 0 atom stereocenters. The zero-order valence-electron chi connectivity index (χ0n) is 22.1. The van der Waals surface area contributed by atoms with E-state index in [1.54, 1.807) is 7.11 Å². The molecule has 1 saturated heterocycles. The van der Waals surface area contributed by atoms with Crippen molar-refractivity contribution in [3.05, 3.63) is 71.3 Å². The molecule has 6 nitrogen and oxygen atoms in total. The first-order valence-corrected chi connectivity index (χ1v) is 13.2. The largest absolute Gasteiger partial charge is 0.496 e. The predicted molar refractivity (Wildman–Crippen MR) is 146 cm³/mol. The summed E-state index contributed by atoms with van der Waals surface area (Å²) in [6, 6.07) is 15.7. The van der Waals surface area contributed by atoms with Gasteiger partial charge in [-0.2, -0.15) is 0 Å². The van der Waals surface area contributed by atoms with E-state index in [9.17, 15) is 9.59 Å². The van der Waals surface area contributed by atoms with Crippen molar-refractivity contribution in [2.45, 2.75) is 39.5 Å². The van der Waals surface area contributed by atoms with Crippen LogP contribution in [0.4, 0.5) is 0 Å². The molecule has 194 valence electrons. The fraction of sp³-hybridized carbons (Fsp3) is 0.467. The molecule has 36 heavy (non-hydrogen) atoms. The average molecular weight is 492 g/mol. The molecule has 2 amide bonds. The van der Waals surface area contributed by atoms with Crippen LogP contribution in [0.25, 0.3) is 6.08 Å². The molecule has 0 aliphatic carbocycles. The molecule has 1 fully saturated rings. The van der Waals surface area contributed by atoms with Gasteiger partial charge in [-0.15, -0.1) is 0 Å². The van der Waals surface area contributed by atoms with Gasteiger partial charge < -0.3 is 14.5 Å². The van der Waals surface area contributed by atoms with Crippen LogP contribution in [0, 0.1) is 6.92 Å². The molecule has 0 N–H and O–H groups in total. The van der Waals surface area contributed by atoms with Crippen LogP contribution < -0.4 is 4.74 Å². The van der Waals surface area contributed by atoms with Crippen LogP contribution in [0.3, 0.4) is 0 Å². The third kappa shape index (κ3) is 7.95. The normalized spacial score (nSPS) is 14.2. The predicted octanol–water partition coefficient (Wildman–Crippen LogP) is 4.88. The molecule has 0 aromatic heterocycles. The maximum atomic E-state index is 13.0. The van der Waals surface area contributed by atoms with Crippen LogP contribution in [0.5, 0.6) is 5.75 Å². The Hall–Kier alpha value is -3.12. The second kappa shape index (κ2) is 14.4. The minimum atomic E-state index is 0.113. The average Bonchev–Trinajstić information content (AvgIpc) is 2.91. The van der Waals surface area contributed by atoms with Crippen LogP contribution in [-0.4, -0.2) is 79.4 Å². The zero-order chi connectivity index (χ0) is 25.8. The van der Waals surface area contributed by atoms with E-state index in [0.717, 1.165) is 61.3 Å². The van der Waals surface area contributed by atoms with E-state index in [1.165, 1.54) is 0 Å². The number of ether oxygens (including phenoxy) is 1. The van der Waals surface area contributed by atoms with Crippen LogP contribution in [-0.2, 0) is 4.79 Å². The van der Waals surface area contributed by atoms with Crippen molar-refractivity contribution in [3.63, 3.8) is 0 Å². The van der Waals surface area contributed by atoms with E-state index in [4.69, 9.17) is 4.74 Å². The number of hydrogen-bond donors (Lipinski definition) is 0. The highest BCUT2D eigenvalue weighted by molar-refractivity contribution is 5.95. The molecule has 1 aliphatic heterocycles. The molecule has 3 rings (SSSR count). The van der Waals surface area contributed by atoms with Gasteiger partial charge in [-0.25, -0.2) is 0 Å². The Morgan fingerprint density at radius 2 is 1.72 bits per heavy atom. The summed E-state index contributed by atoms with van der Waals surface area (Å²) in [5, 5.41) is 0. The van der Waals surface area contributed by atoms with Crippen molar-refractivity contribution in [1.29, 1.82) is 0 Å². The fourth-order valence-electron chi connectivity index (χ4n) is 4.53. The summed E-state index contributed by atoms with van der Waals surface area (Å²) >= 11 is 0. The fourth-order valence-corrected chi connectivity index (χ4v) is 4.53. The lowest BCUT2D eigenvalue weighted by Crippen LogP contribution is -2.50. The molecular formula is C30H41N3O3. The van der Waals surface area contributed by atoms with Crippen LogP contribution in [0.1, 0.15) is 54.1 Å². The molecule has 0 unspecified atom stereocenters. The first kappa shape index (κ1) is 27.5. The highest BCUT2D eigenvalue weighted by Crippen LogP contribution is 2.19. The van der Waals surface area contributed by atoms with Gasteiger partial charge in [-0.05, 0) is 31.0 Å². The van der Waals surface area contributed by atoms with Gasteiger partial charge in [0.1, 0.15) is 5.75 Å². The number of unbranched alkanes of at least 4 members (excludes halogenated alkanes) is 2. The minimum Gasteiger partial charge on any atom is -0.496 e. The van der Waals surface area contributed by atoms with Crippen molar-refractivity contribution >= 4 is 17.9 Å². The number of carbonyl (C=O) groups is 2. The number of benzene rings is 2. The Labute approximate surface area is 216 Å². The Morgan fingerprint density at radius 3 is 2.44 bits per heavy atom. The summed E-state index contributed by atoms with van der Waals surface area (Å²) in [4.78, 5) is 32.2. The number of rotatable bonds is 12. The van der Waals surface area contributed by atoms with Gasteiger partial charge in [-0.1, -0.05) is 68.3 Å². The number of methoxy groups -OCH3 is 1. The lowest BCUT2D eigenvalue weighted by Gasteiger charge is -2.36. The van der Waals surface area contributed by atoms with E-state index >= 15 is 0 Å². The van der Waals surface area contributed by atoms with Crippen molar-refractivity contribution in [2.75, 3.05) is 52.9 Å². The maximum Gasteiger partial charge on any atom is 0.254 e. The Kier molecular flexibility index (Phi) is 11.0. The highest BCUT2D eigenvalue weighted by Gasteiger charge is 2.23. The first-order chi connectivity index (χ1) is 17.5. The molecule has 1 heterocycles.